The fourth-order valence-corrected chi connectivity index (χ4v) is 2.11. The number of ether oxygens (including phenoxy) is 1. The van der Waals surface area contributed by atoms with Gasteiger partial charge < -0.3 is 20.2 Å². The van der Waals surface area contributed by atoms with Gasteiger partial charge in [-0.15, -0.1) is 0 Å². The number of pyridine rings is 1. The number of morpholine rings is 1. The summed E-state index contributed by atoms with van der Waals surface area (Å²) >= 11 is 0. The largest absolute Gasteiger partial charge is 0.394 e. The molecule has 0 aromatic carbocycles. The molecule has 2 heterocycles. The average molecular weight is 266 g/mol. The van der Waals surface area contributed by atoms with Gasteiger partial charge in [0, 0.05) is 19.3 Å². The molecule has 104 valence electrons. The number of aliphatic hydroxyl groups is 1. The van der Waals surface area contributed by atoms with Crippen LogP contribution in [-0.2, 0) is 4.74 Å². The molecule has 1 fully saturated rings. The van der Waals surface area contributed by atoms with E-state index in [4.69, 9.17) is 15.7 Å². The number of nitrogens with zero attached hydrogens (tertiary/aromatic N) is 2. The second-order valence-corrected chi connectivity index (χ2v) is 4.54. The molecule has 1 amide bonds. The number of hydrazine groups is 1. The average Bonchev–Trinajstić information content (AvgIpc) is 2.45. The topological polar surface area (TPSA) is 101 Å². The van der Waals surface area contributed by atoms with Crippen LogP contribution in [0.1, 0.15) is 17.4 Å². The number of aliphatic hydroxyl groups excluding tert-OH is 1. The maximum atomic E-state index is 12.3. The summed E-state index contributed by atoms with van der Waals surface area (Å²) in [5.41, 5.74) is 3.42. The van der Waals surface area contributed by atoms with E-state index in [0.29, 0.717) is 24.5 Å². The van der Waals surface area contributed by atoms with E-state index < -0.39 is 0 Å². The molecule has 0 saturated carbocycles. The van der Waals surface area contributed by atoms with Crippen molar-refractivity contribution in [3.8, 4) is 0 Å². The zero-order valence-electron chi connectivity index (χ0n) is 10.7. The van der Waals surface area contributed by atoms with E-state index >= 15 is 0 Å². The lowest BCUT2D eigenvalue weighted by Crippen LogP contribution is -2.50. The number of carbonyl (C=O) groups excluding carboxylic acids is 1. The first kappa shape index (κ1) is 13.7. The Morgan fingerprint density at radius 1 is 1.68 bits per heavy atom. The van der Waals surface area contributed by atoms with E-state index in [9.17, 15) is 4.79 Å². The van der Waals surface area contributed by atoms with E-state index in [-0.39, 0.29) is 24.7 Å². The van der Waals surface area contributed by atoms with E-state index in [1.807, 2.05) is 6.92 Å². The number of hydrogen-bond acceptors (Lipinski definition) is 6. The van der Waals surface area contributed by atoms with Gasteiger partial charge in [-0.1, -0.05) is 0 Å². The van der Waals surface area contributed by atoms with Gasteiger partial charge in [0.15, 0.2) is 0 Å². The summed E-state index contributed by atoms with van der Waals surface area (Å²) in [6, 6.07) is 3.27. The monoisotopic (exact) mass is 266 g/mol. The highest BCUT2D eigenvalue weighted by Gasteiger charge is 2.29. The highest BCUT2D eigenvalue weighted by atomic mass is 16.5. The van der Waals surface area contributed by atoms with Crippen molar-refractivity contribution in [1.29, 1.82) is 0 Å². The summed E-state index contributed by atoms with van der Waals surface area (Å²) in [6.45, 7) is 2.61. The molecule has 2 rings (SSSR count). The van der Waals surface area contributed by atoms with Crippen molar-refractivity contribution in [3.05, 3.63) is 24.0 Å². The van der Waals surface area contributed by atoms with Crippen molar-refractivity contribution >= 4 is 11.6 Å². The molecule has 4 N–H and O–H groups in total. The lowest BCUT2D eigenvalue weighted by Gasteiger charge is -2.35. The smallest absolute Gasteiger partial charge is 0.272 e. The Kier molecular flexibility index (Phi) is 4.31. The number of rotatable bonds is 3. The molecule has 0 aliphatic carbocycles. The Morgan fingerprint density at radius 2 is 2.47 bits per heavy atom. The van der Waals surface area contributed by atoms with E-state index in [0.717, 1.165) is 0 Å². The summed E-state index contributed by atoms with van der Waals surface area (Å²) in [6.07, 6.45) is 1.07. The number of anilines is 1. The Bertz CT molecular complexity index is 454. The van der Waals surface area contributed by atoms with Gasteiger partial charge in [0.2, 0.25) is 0 Å². The lowest BCUT2D eigenvalue weighted by atomic mass is 10.2. The fraction of sp³-hybridized carbons (Fsp3) is 0.500. The molecule has 0 bridgehead atoms. The van der Waals surface area contributed by atoms with Gasteiger partial charge in [0.1, 0.15) is 5.69 Å². The molecule has 1 aromatic heterocycles. The van der Waals surface area contributed by atoms with Gasteiger partial charge in [0.25, 0.3) is 5.91 Å². The van der Waals surface area contributed by atoms with Crippen LogP contribution in [0.3, 0.4) is 0 Å². The second-order valence-electron chi connectivity index (χ2n) is 4.54. The first-order valence-electron chi connectivity index (χ1n) is 6.12. The zero-order chi connectivity index (χ0) is 13.8. The maximum Gasteiger partial charge on any atom is 0.272 e. The summed E-state index contributed by atoms with van der Waals surface area (Å²) in [4.78, 5) is 18.0. The summed E-state index contributed by atoms with van der Waals surface area (Å²) in [5.74, 6) is 5.12. The standard InChI is InChI=1S/C12H18N4O3/c1-8-5-16(6-10(7-17)19-8)12(18)11-4-9(15-13)2-3-14-11/h2-4,8,10,17H,5-7,13H2,1H3,(H,14,15). The van der Waals surface area contributed by atoms with Crippen LogP contribution in [0.2, 0.25) is 0 Å². The van der Waals surface area contributed by atoms with Crippen LogP contribution in [0.25, 0.3) is 0 Å². The van der Waals surface area contributed by atoms with Crippen LogP contribution >= 0.6 is 0 Å². The number of nitrogen functional groups attached to an aromatic ring is 1. The second kappa shape index (κ2) is 5.96. The molecule has 7 nitrogen and oxygen atoms in total. The Balaban J connectivity index is 2.13. The Labute approximate surface area is 111 Å². The molecule has 1 aliphatic rings. The summed E-state index contributed by atoms with van der Waals surface area (Å²) in [7, 11) is 0. The van der Waals surface area contributed by atoms with Crippen molar-refractivity contribution < 1.29 is 14.6 Å². The SMILES string of the molecule is CC1CN(C(=O)c2cc(NN)ccn2)CC(CO)O1. The normalized spacial score (nSPS) is 23.2. The van der Waals surface area contributed by atoms with Crippen LogP contribution in [0.15, 0.2) is 18.3 Å². The molecule has 1 aromatic rings. The molecular weight excluding hydrogens is 248 g/mol. The minimum Gasteiger partial charge on any atom is -0.394 e. The van der Waals surface area contributed by atoms with Gasteiger partial charge in [-0.25, -0.2) is 0 Å². The highest BCUT2D eigenvalue weighted by molar-refractivity contribution is 5.93. The molecule has 7 heteroatoms. The van der Waals surface area contributed by atoms with Crippen LogP contribution in [0.4, 0.5) is 5.69 Å². The predicted octanol–water partition coefficient (Wildman–Crippen LogP) is -0.411. The van der Waals surface area contributed by atoms with Crippen molar-refractivity contribution in [1.82, 2.24) is 9.88 Å². The van der Waals surface area contributed by atoms with Crippen molar-refractivity contribution in [2.75, 3.05) is 25.1 Å². The van der Waals surface area contributed by atoms with Gasteiger partial charge >= 0.3 is 0 Å². The van der Waals surface area contributed by atoms with Gasteiger partial charge in [-0.05, 0) is 19.1 Å². The van der Waals surface area contributed by atoms with E-state index in [2.05, 4.69) is 10.4 Å². The van der Waals surface area contributed by atoms with Crippen molar-refractivity contribution in [2.45, 2.75) is 19.1 Å². The van der Waals surface area contributed by atoms with E-state index in [1.165, 1.54) is 6.20 Å². The van der Waals surface area contributed by atoms with Gasteiger partial charge in [-0.3, -0.25) is 15.6 Å². The molecular formula is C12H18N4O3. The maximum absolute atomic E-state index is 12.3. The minimum atomic E-state index is -0.344. The third-order valence-corrected chi connectivity index (χ3v) is 2.96. The number of hydrogen-bond donors (Lipinski definition) is 3. The highest BCUT2D eigenvalue weighted by Crippen LogP contribution is 2.15. The predicted molar refractivity (Wildman–Crippen MR) is 69.4 cm³/mol. The number of aromatic nitrogens is 1. The lowest BCUT2D eigenvalue weighted by molar-refractivity contribution is -0.0859. The first-order valence-corrected chi connectivity index (χ1v) is 6.12. The van der Waals surface area contributed by atoms with Gasteiger partial charge in [-0.2, -0.15) is 0 Å². The molecule has 0 spiro atoms. The quantitative estimate of drug-likeness (QED) is 0.508. The van der Waals surface area contributed by atoms with E-state index in [1.54, 1.807) is 17.0 Å². The first-order chi connectivity index (χ1) is 9.13. The Hall–Kier alpha value is -1.70. The van der Waals surface area contributed by atoms with Crippen LogP contribution < -0.4 is 11.3 Å². The molecule has 19 heavy (non-hydrogen) atoms. The molecule has 0 radical (unpaired) electrons. The van der Waals surface area contributed by atoms with Crippen molar-refractivity contribution in [2.24, 2.45) is 5.84 Å². The number of carbonyl (C=O) groups is 1. The number of nitrogens with one attached hydrogen (secondary N) is 1. The fourth-order valence-electron chi connectivity index (χ4n) is 2.11. The van der Waals surface area contributed by atoms with Crippen LogP contribution in [0.5, 0.6) is 0 Å². The third kappa shape index (κ3) is 3.19. The number of amides is 1. The third-order valence-electron chi connectivity index (χ3n) is 2.96. The molecule has 1 aliphatic heterocycles. The minimum absolute atomic E-state index is 0.105. The Morgan fingerprint density at radius 3 is 3.16 bits per heavy atom. The van der Waals surface area contributed by atoms with Gasteiger partial charge in [0.05, 0.1) is 24.5 Å². The van der Waals surface area contributed by atoms with Crippen LogP contribution in [0, 0.1) is 0 Å². The number of nitrogens with two attached hydrogens (primary N) is 1. The molecule has 2 atom stereocenters. The molecule has 2 unspecified atom stereocenters. The summed E-state index contributed by atoms with van der Waals surface area (Å²) < 4.78 is 5.50. The molecule has 1 saturated heterocycles. The van der Waals surface area contributed by atoms with Crippen molar-refractivity contribution in [3.63, 3.8) is 0 Å². The summed E-state index contributed by atoms with van der Waals surface area (Å²) in [5, 5.41) is 9.16. The zero-order valence-corrected chi connectivity index (χ0v) is 10.7. The van der Waals surface area contributed by atoms with Crippen LogP contribution in [-0.4, -0.2) is 52.8 Å².